The monoisotopic (exact) mass is 316 g/mol. The lowest BCUT2D eigenvalue weighted by atomic mass is 9.87. The Labute approximate surface area is 135 Å². The van der Waals surface area contributed by atoms with E-state index in [0.717, 1.165) is 29.7 Å². The SMILES string of the molecule is COC(=O)c1oc(C2CCCCC2)cc1Cc1ccc(F)cc1. The summed E-state index contributed by atoms with van der Waals surface area (Å²) >= 11 is 0. The molecule has 0 saturated heterocycles. The Morgan fingerprint density at radius 1 is 1.22 bits per heavy atom. The summed E-state index contributed by atoms with van der Waals surface area (Å²) in [6.45, 7) is 0. The minimum atomic E-state index is -0.454. The number of carbonyl (C=O) groups excluding carboxylic acids is 1. The largest absolute Gasteiger partial charge is 0.463 e. The zero-order valence-electron chi connectivity index (χ0n) is 13.3. The molecule has 0 radical (unpaired) electrons. The summed E-state index contributed by atoms with van der Waals surface area (Å²) in [6, 6.07) is 8.28. The van der Waals surface area contributed by atoms with Crippen LogP contribution in [0.2, 0.25) is 0 Å². The molecule has 3 nitrogen and oxygen atoms in total. The van der Waals surface area contributed by atoms with Gasteiger partial charge in [0.05, 0.1) is 7.11 Å². The number of furan rings is 1. The van der Waals surface area contributed by atoms with E-state index in [4.69, 9.17) is 9.15 Å². The van der Waals surface area contributed by atoms with Gasteiger partial charge in [-0.05, 0) is 36.6 Å². The highest BCUT2D eigenvalue weighted by atomic mass is 19.1. The molecule has 0 atom stereocenters. The molecule has 0 amide bonds. The number of rotatable bonds is 4. The van der Waals surface area contributed by atoms with Crippen LogP contribution < -0.4 is 0 Å². The first-order valence-electron chi connectivity index (χ1n) is 8.12. The van der Waals surface area contributed by atoms with Crippen LogP contribution in [0.5, 0.6) is 0 Å². The molecule has 1 heterocycles. The van der Waals surface area contributed by atoms with Crippen LogP contribution >= 0.6 is 0 Å². The van der Waals surface area contributed by atoms with Gasteiger partial charge in [-0.3, -0.25) is 0 Å². The molecule has 3 rings (SSSR count). The third-order valence-corrected chi connectivity index (χ3v) is 4.51. The molecule has 0 aliphatic heterocycles. The fourth-order valence-electron chi connectivity index (χ4n) is 3.26. The van der Waals surface area contributed by atoms with Gasteiger partial charge in [0.1, 0.15) is 11.6 Å². The van der Waals surface area contributed by atoms with Gasteiger partial charge in [0.2, 0.25) is 5.76 Å². The lowest BCUT2D eigenvalue weighted by molar-refractivity contribution is 0.0560. The van der Waals surface area contributed by atoms with E-state index in [0.29, 0.717) is 12.3 Å². The molecule has 23 heavy (non-hydrogen) atoms. The van der Waals surface area contributed by atoms with Crippen molar-refractivity contribution in [1.82, 2.24) is 0 Å². The van der Waals surface area contributed by atoms with E-state index in [9.17, 15) is 9.18 Å². The second-order valence-electron chi connectivity index (χ2n) is 6.13. The van der Waals surface area contributed by atoms with Crippen molar-refractivity contribution in [1.29, 1.82) is 0 Å². The van der Waals surface area contributed by atoms with Gasteiger partial charge in [-0.25, -0.2) is 9.18 Å². The Balaban J connectivity index is 1.88. The third kappa shape index (κ3) is 3.63. The molecule has 1 aromatic carbocycles. The molecule has 2 aromatic rings. The lowest BCUT2D eigenvalue weighted by Gasteiger charge is -2.19. The average molecular weight is 316 g/mol. The van der Waals surface area contributed by atoms with Crippen LogP contribution in [0.25, 0.3) is 0 Å². The molecule has 1 aromatic heterocycles. The molecule has 1 aliphatic carbocycles. The first-order valence-corrected chi connectivity index (χ1v) is 8.12. The molecule has 1 fully saturated rings. The van der Waals surface area contributed by atoms with E-state index in [1.807, 2.05) is 6.07 Å². The summed E-state index contributed by atoms with van der Waals surface area (Å²) < 4.78 is 23.7. The van der Waals surface area contributed by atoms with E-state index in [-0.39, 0.29) is 11.6 Å². The van der Waals surface area contributed by atoms with Crippen LogP contribution in [0.4, 0.5) is 4.39 Å². The molecular formula is C19H21FO3. The van der Waals surface area contributed by atoms with Crippen molar-refractivity contribution < 1.29 is 18.3 Å². The lowest BCUT2D eigenvalue weighted by Crippen LogP contribution is -2.04. The van der Waals surface area contributed by atoms with Crippen LogP contribution in [0.3, 0.4) is 0 Å². The van der Waals surface area contributed by atoms with Gasteiger partial charge in [-0.1, -0.05) is 31.4 Å². The smallest absolute Gasteiger partial charge is 0.374 e. The number of hydrogen-bond donors (Lipinski definition) is 0. The van der Waals surface area contributed by atoms with E-state index in [2.05, 4.69) is 0 Å². The number of methoxy groups -OCH3 is 1. The van der Waals surface area contributed by atoms with Crippen LogP contribution in [-0.4, -0.2) is 13.1 Å². The van der Waals surface area contributed by atoms with Crippen molar-refractivity contribution in [3.8, 4) is 0 Å². The zero-order valence-corrected chi connectivity index (χ0v) is 13.3. The maximum Gasteiger partial charge on any atom is 0.374 e. The predicted molar refractivity (Wildman–Crippen MR) is 85.1 cm³/mol. The van der Waals surface area contributed by atoms with Crippen molar-refractivity contribution >= 4 is 5.97 Å². The summed E-state index contributed by atoms with van der Waals surface area (Å²) in [5.74, 6) is 0.815. The van der Waals surface area contributed by atoms with Crippen molar-refractivity contribution in [2.45, 2.75) is 44.4 Å². The van der Waals surface area contributed by atoms with Crippen LogP contribution in [-0.2, 0) is 11.2 Å². The Bertz CT molecular complexity index is 666. The third-order valence-electron chi connectivity index (χ3n) is 4.51. The van der Waals surface area contributed by atoms with Crippen molar-refractivity contribution in [2.24, 2.45) is 0 Å². The number of ether oxygens (including phenoxy) is 1. The molecule has 1 aliphatic rings. The first kappa shape index (κ1) is 15.8. The van der Waals surface area contributed by atoms with Crippen LogP contribution in [0.15, 0.2) is 34.7 Å². The van der Waals surface area contributed by atoms with E-state index < -0.39 is 5.97 Å². The number of benzene rings is 1. The second kappa shape index (κ2) is 6.99. The summed E-state index contributed by atoms with van der Waals surface area (Å²) in [4.78, 5) is 12.0. The number of hydrogen-bond acceptors (Lipinski definition) is 3. The normalized spacial score (nSPS) is 15.6. The molecule has 122 valence electrons. The number of esters is 1. The number of carbonyl (C=O) groups is 1. The van der Waals surface area contributed by atoms with Crippen molar-refractivity contribution in [3.05, 3.63) is 58.8 Å². The molecule has 0 unspecified atom stereocenters. The minimum Gasteiger partial charge on any atom is -0.463 e. The second-order valence-corrected chi connectivity index (χ2v) is 6.13. The van der Waals surface area contributed by atoms with Gasteiger partial charge < -0.3 is 9.15 Å². The van der Waals surface area contributed by atoms with E-state index in [1.54, 1.807) is 12.1 Å². The molecule has 1 saturated carbocycles. The van der Waals surface area contributed by atoms with Gasteiger partial charge in [-0.15, -0.1) is 0 Å². The quantitative estimate of drug-likeness (QED) is 0.757. The van der Waals surface area contributed by atoms with Gasteiger partial charge >= 0.3 is 5.97 Å². The molecule has 0 spiro atoms. The maximum absolute atomic E-state index is 13.0. The average Bonchev–Trinajstić information content (AvgIpc) is 3.01. The molecule has 4 heteroatoms. The fraction of sp³-hybridized carbons (Fsp3) is 0.421. The first-order chi connectivity index (χ1) is 11.2. The fourth-order valence-corrected chi connectivity index (χ4v) is 3.26. The Kier molecular flexibility index (Phi) is 4.79. The minimum absolute atomic E-state index is 0.267. The Morgan fingerprint density at radius 3 is 2.57 bits per heavy atom. The summed E-state index contributed by atoms with van der Waals surface area (Å²) in [5, 5.41) is 0. The standard InChI is InChI=1S/C19H21FO3/c1-22-19(21)18-15(11-13-7-9-16(20)10-8-13)12-17(23-18)14-5-3-2-4-6-14/h7-10,12,14H,2-6,11H2,1H3. The van der Waals surface area contributed by atoms with Gasteiger partial charge in [-0.2, -0.15) is 0 Å². The zero-order chi connectivity index (χ0) is 16.2. The highest BCUT2D eigenvalue weighted by Crippen LogP contribution is 2.35. The van der Waals surface area contributed by atoms with Crippen LogP contribution in [0, 0.1) is 5.82 Å². The summed E-state index contributed by atoms with van der Waals surface area (Å²) in [7, 11) is 1.35. The van der Waals surface area contributed by atoms with E-state index in [1.165, 1.54) is 38.5 Å². The maximum atomic E-state index is 13.0. The predicted octanol–water partition coefficient (Wildman–Crippen LogP) is 4.84. The molecule has 0 N–H and O–H groups in total. The Morgan fingerprint density at radius 2 is 1.91 bits per heavy atom. The topological polar surface area (TPSA) is 39.4 Å². The highest BCUT2D eigenvalue weighted by molar-refractivity contribution is 5.88. The summed E-state index contributed by atoms with van der Waals surface area (Å²) in [6.07, 6.45) is 6.40. The Hall–Kier alpha value is -2.10. The van der Waals surface area contributed by atoms with Gasteiger partial charge in [0.15, 0.2) is 0 Å². The van der Waals surface area contributed by atoms with Gasteiger partial charge in [0.25, 0.3) is 0 Å². The highest BCUT2D eigenvalue weighted by Gasteiger charge is 2.24. The van der Waals surface area contributed by atoms with Gasteiger partial charge in [0, 0.05) is 17.9 Å². The number of halogens is 1. The van der Waals surface area contributed by atoms with Crippen LogP contribution in [0.1, 0.15) is 65.5 Å². The van der Waals surface area contributed by atoms with E-state index >= 15 is 0 Å². The molecule has 0 bridgehead atoms. The van der Waals surface area contributed by atoms with Crippen molar-refractivity contribution in [2.75, 3.05) is 7.11 Å². The molecular weight excluding hydrogens is 295 g/mol. The summed E-state index contributed by atoms with van der Waals surface area (Å²) in [5.41, 5.74) is 1.75. The van der Waals surface area contributed by atoms with Crippen molar-refractivity contribution in [3.63, 3.8) is 0 Å².